The van der Waals surface area contributed by atoms with Crippen molar-refractivity contribution in [1.82, 2.24) is 9.55 Å². The van der Waals surface area contributed by atoms with Gasteiger partial charge in [-0.1, -0.05) is 0 Å². The third kappa shape index (κ3) is 11.2. The van der Waals surface area contributed by atoms with Gasteiger partial charge in [-0.25, -0.2) is 4.98 Å². The normalized spacial score (nSPS) is 7.62. The van der Waals surface area contributed by atoms with Crippen molar-refractivity contribution < 1.29 is 9.53 Å². The number of rotatable bonds is 1. The fourth-order valence-corrected chi connectivity index (χ4v) is 0.529. The van der Waals surface area contributed by atoms with Gasteiger partial charge in [-0.15, -0.1) is 17.0 Å². The maximum atomic E-state index is 9.82. The van der Waals surface area contributed by atoms with E-state index >= 15 is 0 Å². The molecule has 0 N–H and O–H groups in total. The molecular formula is C8H15BrN2O2. The number of hydrogen-bond acceptors (Lipinski definition) is 3. The van der Waals surface area contributed by atoms with Gasteiger partial charge in [0.25, 0.3) is 0 Å². The van der Waals surface area contributed by atoms with Crippen molar-refractivity contribution in [2.24, 2.45) is 7.05 Å². The molecule has 0 spiro atoms. The molecule has 0 aliphatic rings. The molecule has 0 aromatic carbocycles. The third-order valence-corrected chi connectivity index (χ3v) is 0.984. The van der Waals surface area contributed by atoms with E-state index in [2.05, 4.69) is 9.72 Å². The molecule has 0 aliphatic heterocycles. The Morgan fingerprint density at radius 3 is 2.31 bits per heavy atom. The Labute approximate surface area is 88.7 Å². The summed E-state index contributed by atoms with van der Waals surface area (Å²) in [7, 11) is 1.94. The Bertz CT molecular complexity index is 212. The van der Waals surface area contributed by atoms with Gasteiger partial charge in [-0.05, 0) is 6.92 Å². The van der Waals surface area contributed by atoms with Gasteiger partial charge in [0.2, 0.25) is 0 Å². The highest BCUT2D eigenvalue weighted by Gasteiger charge is 1.81. The summed E-state index contributed by atoms with van der Waals surface area (Å²) in [6.45, 7) is 3.65. The number of aryl methyl sites for hydroxylation is 1. The lowest BCUT2D eigenvalue weighted by Crippen LogP contribution is -1.95. The van der Waals surface area contributed by atoms with Crippen LogP contribution < -0.4 is 0 Å². The highest BCUT2D eigenvalue weighted by molar-refractivity contribution is 8.93. The van der Waals surface area contributed by atoms with Crippen LogP contribution in [0.5, 0.6) is 0 Å². The van der Waals surface area contributed by atoms with Crippen LogP contribution in [0.3, 0.4) is 0 Å². The Kier molecular flexibility index (Phi) is 10.4. The number of halogens is 1. The standard InChI is InChI=1S/C4H6N2.C4H8O2.BrH/c1-6-3-2-5-4-6;1-3-6-4(2)5;/h2-4H,1H3;3H2,1-2H3;1H. The molecule has 0 saturated heterocycles. The molecule has 0 saturated carbocycles. The first-order chi connectivity index (χ1) is 5.66. The van der Waals surface area contributed by atoms with Crippen LogP contribution in [0.1, 0.15) is 13.8 Å². The van der Waals surface area contributed by atoms with E-state index in [1.807, 2.05) is 17.8 Å². The van der Waals surface area contributed by atoms with Crippen molar-refractivity contribution >= 4 is 23.0 Å². The summed E-state index contributed by atoms with van der Waals surface area (Å²) in [6.07, 6.45) is 5.39. The summed E-state index contributed by atoms with van der Waals surface area (Å²) < 4.78 is 6.29. The summed E-state index contributed by atoms with van der Waals surface area (Å²) in [6, 6.07) is 0. The van der Waals surface area contributed by atoms with Crippen LogP contribution in [0.25, 0.3) is 0 Å². The van der Waals surface area contributed by atoms with Crippen LogP contribution in [0.15, 0.2) is 18.7 Å². The Morgan fingerprint density at radius 2 is 2.23 bits per heavy atom. The predicted molar refractivity (Wildman–Crippen MR) is 55.8 cm³/mol. The molecular weight excluding hydrogens is 236 g/mol. The fourth-order valence-electron chi connectivity index (χ4n) is 0.529. The summed E-state index contributed by atoms with van der Waals surface area (Å²) in [5.41, 5.74) is 0. The van der Waals surface area contributed by atoms with E-state index in [1.54, 1.807) is 19.4 Å². The van der Waals surface area contributed by atoms with E-state index in [0.717, 1.165) is 0 Å². The summed E-state index contributed by atoms with van der Waals surface area (Å²) >= 11 is 0. The quantitative estimate of drug-likeness (QED) is 0.711. The molecule has 1 heterocycles. The second kappa shape index (κ2) is 9.25. The summed E-state index contributed by atoms with van der Waals surface area (Å²) in [5, 5.41) is 0. The smallest absolute Gasteiger partial charge is 0.302 e. The fraction of sp³-hybridized carbons (Fsp3) is 0.500. The van der Waals surface area contributed by atoms with Crippen LogP contribution in [-0.4, -0.2) is 22.1 Å². The van der Waals surface area contributed by atoms with Crippen LogP contribution in [-0.2, 0) is 16.6 Å². The Morgan fingerprint density at radius 1 is 1.62 bits per heavy atom. The first-order valence-corrected chi connectivity index (χ1v) is 3.72. The molecule has 4 nitrogen and oxygen atoms in total. The lowest BCUT2D eigenvalue weighted by molar-refractivity contribution is -0.140. The molecule has 0 fully saturated rings. The van der Waals surface area contributed by atoms with E-state index in [9.17, 15) is 4.79 Å². The van der Waals surface area contributed by atoms with Gasteiger partial charge in [0.1, 0.15) is 0 Å². The molecule has 0 amide bonds. The first-order valence-electron chi connectivity index (χ1n) is 3.72. The highest BCUT2D eigenvalue weighted by atomic mass is 79.9. The maximum Gasteiger partial charge on any atom is 0.302 e. The van der Waals surface area contributed by atoms with Crippen LogP contribution in [0.2, 0.25) is 0 Å². The zero-order valence-corrected chi connectivity index (χ0v) is 9.77. The van der Waals surface area contributed by atoms with E-state index in [4.69, 9.17) is 0 Å². The molecule has 0 bridgehead atoms. The van der Waals surface area contributed by atoms with E-state index in [1.165, 1.54) is 6.92 Å². The lowest BCUT2D eigenvalue weighted by Gasteiger charge is -1.89. The number of hydrogen-bond donors (Lipinski definition) is 0. The number of ether oxygens (including phenoxy) is 1. The van der Waals surface area contributed by atoms with Gasteiger partial charge in [-0.2, -0.15) is 0 Å². The van der Waals surface area contributed by atoms with Crippen molar-refractivity contribution in [3.63, 3.8) is 0 Å². The topological polar surface area (TPSA) is 44.1 Å². The van der Waals surface area contributed by atoms with E-state index < -0.39 is 0 Å². The van der Waals surface area contributed by atoms with Crippen molar-refractivity contribution in [2.45, 2.75) is 13.8 Å². The van der Waals surface area contributed by atoms with Crippen LogP contribution in [0, 0.1) is 0 Å². The number of aromatic nitrogens is 2. The second-order valence-electron chi connectivity index (χ2n) is 2.15. The molecule has 0 unspecified atom stereocenters. The monoisotopic (exact) mass is 250 g/mol. The Balaban J connectivity index is 0. The molecule has 0 atom stereocenters. The molecule has 1 aromatic heterocycles. The molecule has 5 heteroatoms. The van der Waals surface area contributed by atoms with Crippen molar-refractivity contribution in [3.8, 4) is 0 Å². The molecule has 0 radical (unpaired) electrons. The van der Waals surface area contributed by atoms with Gasteiger partial charge >= 0.3 is 5.97 Å². The van der Waals surface area contributed by atoms with Crippen molar-refractivity contribution in [2.75, 3.05) is 6.61 Å². The molecule has 76 valence electrons. The average Bonchev–Trinajstić information content (AvgIpc) is 2.40. The Hall–Kier alpha value is -0.840. The maximum absolute atomic E-state index is 9.82. The minimum absolute atomic E-state index is 0. The zero-order chi connectivity index (χ0) is 9.40. The van der Waals surface area contributed by atoms with E-state index in [-0.39, 0.29) is 23.0 Å². The van der Waals surface area contributed by atoms with Gasteiger partial charge in [0, 0.05) is 26.4 Å². The van der Waals surface area contributed by atoms with Crippen molar-refractivity contribution in [3.05, 3.63) is 18.7 Å². The first kappa shape index (κ1) is 14.7. The minimum atomic E-state index is -0.211. The number of carbonyl (C=O) groups excluding carboxylic acids is 1. The molecule has 1 rings (SSSR count). The van der Waals surface area contributed by atoms with Crippen molar-refractivity contribution in [1.29, 1.82) is 0 Å². The predicted octanol–water partition coefficient (Wildman–Crippen LogP) is 1.57. The third-order valence-electron chi connectivity index (χ3n) is 0.984. The molecule has 0 aliphatic carbocycles. The van der Waals surface area contributed by atoms with E-state index in [0.29, 0.717) is 6.61 Å². The SMILES string of the molecule is Br.CCOC(C)=O.Cn1ccnc1. The molecule has 13 heavy (non-hydrogen) atoms. The zero-order valence-electron chi connectivity index (χ0n) is 8.06. The average molecular weight is 251 g/mol. The van der Waals surface area contributed by atoms with Gasteiger partial charge in [0.15, 0.2) is 0 Å². The number of esters is 1. The number of imidazole rings is 1. The van der Waals surface area contributed by atoms with Gasteiger partial charge in [0.05, 0.1) is 12.9 Å². The molecule has 1 aromatic rings. The van der Waals surface area contributed by atoms with Gasteiger partial charge in [-0.3, -0.25) is 4.79 Å². The van der Waals surface area contributed by atoms with Crippen LogP contribution >= 0.6 is 17.0 Å². The summed E-state index contributed by atoms with van der Waals surface area (Å²) in [4.78, 5) is 13.6. The summed E-state index contributed by atoms with van der Waals surface area (Å²) in [5.74, 6) is -0.211. The second-order valence-corrected chi connectivity index (χ2v) is 2.15. The van der Waals surface area contributed by atoms with Crippen LogP contribution in [0.4, 0.5) is 0 Å². The lowest BCUT2D eigenvalue weighted by atomic mass is 10.8. The number of nitrogens with zero attached hydrogens (tertiary/aromatic N) is 2. The minimum Gasteiger partial charge on any atom is -0.466 e. The largest absolute Gasteiger partial charge is 0.466 e. The van der Waals surface area contributed by atoms with Gasteiger partial charge < -0.3 is 9.30 Å². The number of carbonyl (C=O) groups is 1. The highest BCUT2D eigenvalue weighted by Crippen LogP contribution is 1.73.